The van der Waals surface area contributed by atoms with Crippen LogP contribution in [0, 0.1) is 0 Å². The van der Waals surface area contributed by atoms with E-state index in [1.807, 2.05) is 6.26 Å². The summed E-state index contributed by atoms with van der Waals surface area (Å²) in [6.45, 7) is 5.26. The van der Waals surface area contributed by atoms with Crippen LogP contribution in [0.5, 0.6) is 0 Å². The highest BCUT2D eigenvalue weighted by Crippen LogP contribution is 2.12. The zero-order valence-corrected chi connectivity index (χ0v) is 15.7. The molecule has 0 aromatic heterocycles. The van der Waals surface area contributed by atoms with Crippen molar-refractivity contribution in [3.8, 4) is 0 Å². The third kappa shape index (κ3) is 7.93. The van der Waals surface area contributed by atoms with Gasteiger partial charge in [0.25, 0.3) is 0 Å². The van der Waals surface area contributed by atoms with Crippen molar-refractivity contribution in [3.05, 3.63) is 29.8 Å². The molecule has 0 bridgehead atoms. The number of hydrogen-bond donors (Lipinski definition) is 3. The van der Waals surface area contributed by atoms with E-state index in [0.29, 0.717) is 23.4 Å². The number of anilines is 1. The molecule has 1 aromatic rings. The number of thioether (sulfide) groups is 1. The van der Waals surface area contributed by atoms with Crippen molar-refractivity contribution >= 4 is 35.4 Å². The molecule has 1 aromatic carbocycles. The maximum absolute atomic E-state index is 12.5. The topological polar surface area (TPSA) is 111 Å². The third-order valence-corrected chi connectivity index (χ3v) is 3.70. The van der Waals surface area contributed by atoms with Crippen LogP contribution >= 0.6 is 11.8 Å². The van der Waals surface area contributed by atoms with E-state index in [1.165, 1.54) is 12.1 Å². The molecule has 0 unspecified atom stereocenters. The van der Waals surface area contributed by atoms with Crippen molar-refractivity contribution in [3.63, 3.8) is 0 Å². The lowest BCUT2D eigenvalue weighted by atomic mass is 10.1. The smallest absolute Gasteiger partial charge is 0.408 e. The molecule has 0 aliphatic rings. The van der Waals surface area contributed by atoms with E-state index >= 15 is 0 Å². The quantitative estimate of drug-likeness (QED) is 0.685. The van der Waals surface area contributed by atoms with Gasteiger partial charge in [0.05, 0.1) is 0 Å². The molecule has 0 aliphatic heterocycles. The first-order chi connectivity index (χ1) is 11.6. The van der Waals surface area contributed by atoms with Crippen LogP contribution in [0.15, 0.2) is 24.3 Å². The fourth-order valence-electron chi connectivity index (χ4n) is 1.90. The number of primary amides is 1. The van der Waals surface area contributed by atoms with Crippen molar-refractivity contribution in [1.82, 2.24) is 5.32 Å². The predicted molar refractivity (Wildman–Crippen MR) is 99.7 cm³/mol. The zero-order chi connectivity index (χ0) is 19.0. The number of benzene rings is 1. The molecule has 0 fully saturated rings. The van der Waals surface area contributed by atoms with Crippen LogP contribution in [0.25, 0.3) is 0 Å². The number of rotatable bonds is 7. The van der Waals surface area contributed by atoms with Crippen LogP contribution in [0.3, 0.4) is 0 Å². The first kappa shape index (κ1) is 20.8. The van der Waals surface area contributed by atoms with Crippen LogP contribution in [0.4, 0.5) is 10.5 Å². The second-order valence-electron chi connectivity index (χ2n) is 6.41. The standard InChI is InChI=1S/C17H25N3O4S/c1-17(2,3)24-16(23)20-13(9-10-25-4)15(22)19-12-7-5-11(6-8-12)14(18)21/h5-8,13H,9-10H2,1-4H3,(H2,18,21)(H,19,22)(H,20,23)/t13-/m0/s1. The Morgan fingerprint density at radius 2 is 1.80 bits per heavy atom. The van der Waals surface area contributed by atoms with Crippen molar-refractivity contribution < 1.29 is 19.1 Å². The molecule has 0 spiro atoms. The van der Waals surface area contributed by atoms with Gasteiger partial charge in [-0.25, -0.2) is 4.79 Å². The average Bonchev–Trinajstić information content (AvgIpc) is 2.50. The molecule has 0 saturated carbocycles. The molecule has 7 nitrogen and oxygen atoms in total. The molecule has 138 valence electrons. The Hall–Kier alpha value is -2.22. The highest BCUT2D eigenvalue weighted by atomic mass is 32.2. The first-order valence-corrected chi connectivity index (χ1v) is 9.21. The van der Waals surface area contributed by atoms with Gasteiger partial charge in [0.1, 0.15) is 11.6 Å². The molecule has 25 heavy (non-hydrogen) atoms. The minimum Gasteiger partial charge on any atom is -0.444 e. The van der Waals surface area contributed by atoms with E-state index in [4.69, 9.17) is 10.5 Å². The maximum atomic E-state index is 12.5. The summed E-state index contributed by atoms with van der Waals surface area (Å²) in [7, 11) is 0. The molecule has 3 amide bonds. The van der Waals surface area contributed by atoms with E-state index in [-0.39, 0.29) is 5.91 Å². The van der Waals surface area contributed by atoms with Crippen LogP contribution in [-0.2, 0) is 9.53 Å². The summed E-state index contributed by atoms with van der Waals surface area (Å²) < 4.78 is 5.20. The SMILES string of the molecule is CSCC[C@H](NC(=O)OC(C)(C)C)C(=O)Nc1ccc(C(N)=O)cc1. The highest BCUT2D eigenvalue weighted by Gasteiger charge is 2.24. The van der Waals surface area contributed by atoms with Crippen LogP contribution < -0.4 is 16.4 Å². The lowest BCUT2D eigenvalue weighted by molar-refractivity contribution is -0.118. The minimum absolute atomic E-state index is 0.351. The number of ether oxygens (including phenoxy) is 1. The second kappa shape index (κ2) is 9.31. The Kier molecular flexibility index (Phi) is 7.76. The molecular weight excluding hydrogens is 342 g/mol. The summed E-state index contributed by atoms with van der Waals surface area (Å²) in [5.41, 5.74) is 5.40. The van der Waals surface area contributed by atoms with E-state index < -0.39 is 23.6 Å². The lowest BCUT2D eigenvalue weighted by Gasteiger charge is -2.23. The molecule has 0 aliphatic carbocycles. The summed E-state index contributed by atoms with van der Waals surface area (Å²) in [5.74, 6) is -0.192. The number of nitrogens with one attached hydrogen (secondary N) is 2. The molecule has 1 rings (SSSR count). The van der Waals surface area contributed by atoms with Gasteiger partial charge < -0.3 is 21.1 Å². The van der Waals surface area contributed by atoms with Gasteiger partial charge in [0.15, 0.2) is 0 Å². The zero-order valence-electron chi connectivity index (χ0n) is 14.9. The van der Waals surface area contributed by atoms with Crippen LogP contribution in [0.1, 0.15) is 37.6 Å². The molecule has 0 saturated heterocycles. The van der Waals surface area contributed by atoms with Gasteiger partial charge >= 0.3 is 6.09 Å². The monoisotopic (exact) mass is 367 g/mol. The van der Waals surface area contributed by atoms with Crippen LogP contribution in [0.2, 0.25) is 0 Å². The minimum atomic E-state index is -0.724. The van der Waals surface area contributed by atoms with E-state index in [1.54, 1.807) is 44.7 Å². The van der Waals surface area contributed by atoms with Crippen molar-refractivity contribution in [2.45, 2.75) is 38.8 Å². The van der Waals surface area contributed by atoms with E-state index in [2.05, 4.69) is 10.6 Å². The summed E-state index contributed by atoms with van der Waals surface area (Å²) >= 11 is 1.58. The molecule has 8 heteroatoms. The maximum Gasteiger partial charge on any atom is 0.408 e. The van der Waals surface area contributed by atoms with E-state index in [9.17, 15) is 14.4 Å². The number of carbonyl (C=O) groups excluding carboxylic acids is 3. The van der Waals surface area contributed by atoms with Gasteiger partial charge in [-0.2, -0.15) is 11.8 Å². The Morgan fingerprint density at radius 3 is 2.28 bits per heavy atom. The number of hydrogen-bond acceptors (Lipinski definition) is 5. The number of alkyl carbamates (subject to hydrolysis) is 1. The predicted octanol–water partition coefficient (Wildman–Crippen LogP) is 2.37. The number of carbonyl (C=O) groups is 3. The van der Waals surface area contributed by atoms with Gasteiger partial charge in [-0.05, 0) is 63.5 Å². The summed E-state index contributed by atoms with van der Waals surface area (Å²) in [4.78, 5) is 35.5. The summed E-state index contributed by atoms with van der Waals surface area (Å²) in [5, 5.41) is 5.31. The molecule has 0 radical (unpaired) electrons. The normalized spacial score (nSPS) is 12.2. The molecule has 0 heterocycles. The number of nitrogens with two attached hydrogens (primary N) is 1. The summed E-state index contributed by atoms with van der Waals surface area (Å²) in [6.07, 6.45) is 1.74. The van der Waals surface area contributed by atoms with Crippen molar-refractivity contribution in [2.75, 3.05) is 17.3 Å². The molecule has 1 atom stereocenters. The van der Waals surface area contributed by atoms with Gasteiger partial charge in [-0.3, -0.25) is 9.59 Å². The fourth-order valence-corrected chi connectivity index (χ4v) is 2.37. The Morgan fingerprint density at radius 1 is 1.20 bits per heavy atom. The Balaban J connectivity index is 2.75. The van der Waals surface area contributed by atoms with Gasteiger partial charge in [0, 0.05) is 11.3 Å². The second-order valence-corrected chi connectivity index (χ2v) is 7.40. The fraction of sp³-hybridized carbons (Fsp3) is 0.471. The van der Waals surface area contributed by atoms with Crippen molar-refractivity contribution in [1.29, 1.82) is 0 Å². The summed E-state index contributed by atoms with van der Waals surface area (Å²) in [6, 6.07) is 5.48. The molecular formula is C17H25N3O4S. The first-order valence-electron chi connectivity index (χ1n) is 7.81. The Bertz CT molecular complexity index is 611. The lowest BCUT2D eigenvalue weighted by Crippen LogP contribution is -2.46. The van der Waals surface area contributed by atoms with Gasteiger partial charge in [-0.15, -0.1) is 0 Å². The largest absolute Gasteiger partial charge is 0.444 e. The van der Waals surface area contributed by atoms with Gasteiger partial charge in [0.2, 0.25) is 11.8 Å². The number of amides is 3. The van der Waals surface area contributed by atoms with Crippen LogP contribution in [-0.4, -0.2) is 41.6 Å². The highest BCUT2D eigenvalue weighted by molar-refractivity contribution is 7.98. The van der Waals surface area contributed by atoms with Gasteiger partial charge in [-0.1, -0.05) is 0 Å². The van der Waals surface area contributed by atoms with E-state index in [0.717, 1.165) is 0 Å². The Labute approximate surface area is 152 Å². The third-order valence-electron chi connectivity index (χ3n) is 3.06. The molecule has 4 N–H and O–H groups in total. The average molecular weight is 367 g/mol. The van der Waals surface area contributed by atoms with Crippen molar-refractivity contribution in [2.24, 2.45) is 5.73 Å².